The zero-order chi connectivity index (χ0) is 19.7. The van der Waals surface area contributed by atoms with Gasteiger partial charge in [-0.15, -0.1) is 0 Å². The number of rotatable bonds is 3. The molecule has 1 N–H and O–H groups in total. The van der Waals surface area contributed by atoms with Crippen LogP contribution in [-0.2, 0) is 9.59 Å². The molecule has 0 unspecified atom stereocenters. The first-order chi connectivity index (χ1) is 13.6. The topological polar surface area (TPSA) is 83.4 Å². The fourth-order valence-corrected chi connectivity index (χ4v) is 3.27. The molecule has 1 aromatic heterocycles. The lowest BCUT2D eigenvalue weighted by Crippen LogP contribution is -2.31. The third-order valence-electron chi connectivity index (χ3n) is 4.65. The molecule has 1 amide bonds. The van der Waals surface area contributed by atoms with E-state index in [4.69, 9.17) is 0 Å². The van der Waals surface area contributed by atoms with Gasteiger partial charge in [0.05, 0.1) is 11.6 Å². The number of benzene rings is 2. The van der Waals surface area contributed by atoms with Crippen molar-refractivity contribution >= 4 is 23.4 Å². The molecule has 138 valence electrons. The second kappa shape index (κ2) is 7.08. The van der Waals surface area contributed by atoms with Crippen LogP contribution in [0, 0.1) is 6.92 Å². The number of aliphatic hydroxyl groups excluding tert-OH is 1. The number of carbonyl (C=O) groups excluding carboxylic acids is 2. The Labute approximate surface area is 161 Å². The summed E-state index contributed by atoms with van der Waals surface area (Å²) < 4.78 is 0. The normalized spacial score (nSPS) is 18.5. The molecule has 0 aliphatic carbocycles. The Kier molecular flexibility index (Phi) is 4.45. The SMILES string of the molecule is Cc1ccc(C(O)=C2C(=O)C(=O)N(c3ncccn3)[C@H]2c2ccccc2)cc1. The number of nitrogens with zero attached hydrogens (tertiary/aromatic N) is 3. The van der Waals surface area contributed by atoms with E-state index >= 15 is 0 Å². The van der Waals surface area contributed by atoms with Crippen molar-refractivity contribution < 1.29 is 14.7 Å². The number of ketones is 1. The molecule has 0 radical (unpaired) electrons. The molecule has 1 fully saturated rings. The Balaban J connectivity index is 1.94. The molecule has 2 heterocycles. The maximum Gasteiger partial charge on any atom is 0.302 e. The molecule has 0 saturated carbocycles. The van der Waals surface area contributed by atoms with E-state index in [2.05, 4.69) is 9.97 Å². The summed E-state index contributed by atoms with van der Waals surface area (Å²) >= 11 is 0. The number of amides is 1. The first kappa shape index (κ1) is 17.6. The molecule has 0 bridgehead atoms. The summed E-state index contributed by atoms with van der Waals surface area (Å²) in [6.45, 7) is 1.93. The van der Waals surface area contributed by atoms with Crippen LogP contribution in [-0.4, -0.2) is 26.8 Å². The Morgan fingerprint density at radius 1 is 0.929 bits per heavy atom. The van der Waals surface area contributed by atoms with Gasteiger partial charge in [0.2, 0.25) is 5.95 Å². The molecular formula is C22H17N3O3. The highest BCUT2D eigenvalue weighted by Crippen LogP contribution is 2.40. The Morgan fingerprint density at radius 2 is 1.57 bits per heavy atom. The van der Waals surface area contributed by atoms with E-state index in [1.807, 2.05) is 37.3 Å². The minimum absolute atomic E-state index is 0.0208. The molecular weight excluding hydrogens is 354 g/mol. The molecule has 1 saturated heterocycles. The number of aliphatic hydroxyl groups is 1. The fourth-order valence-electron chi connectivity index (χ4n) is 3.27. The first-order valence-electron chi connectivity index (χ1n) is 8.78. The summed E-state index contributed by atoms with van der Waals surface area (Å²) in [6, 6.07) is 17.0. The van der Waals surface area contributed by atoms with Gasteiger partial charge in [-0.25, -0.2) is 9.97 Å². The standard InChI is InChI=1S/C22H17N3O3/c1-14-8-10-16(11-9-14)19(26)17-18(15-6-3-2-4-7-15)25(21(28)20(17)27)22-23-12-5-13-24-22/h2-13,18,26H,1H3/t18-/m0/s1. The van der Waals surface area contributed by atoms with Gasteiger partial charge in [-0.05, 0) is 18.6 Å². The second-order valence-electron chi connectivity index (χ2n) is 6.49. The Morgan fingerprint density at radius 3 is 2.21 bits per heavy atom. The highest BCUT2D eigenvalue weighted by atomic mass is 16.3. The van der Waals surface area contributed by atoms with Gasteiger partial charge in [0, 0.05) is 18.0 Å². The van der Waals surface area contributed by atoms with Crippen molar-refractivity contribution in [3.8, 4) is 0 Å². The zero-order valence-corrected chi connectivity index (χ0v) is 15.1. The van der Waals surface area contributed by atoms with Crippen molar-refractivity contribution in [2.75, 3.05) is 4.90 Å². The summed E-state index contributed by atoms with van der Waals surface area (Å²) in [5.74, 6) is -1.64. The lowest BCUT2D eigenvalue weighted by Gasteiger charge is -2.23. The van der Waals surface area contributed by atoms with Gasteiger partial charge in [-0.1, -0.05) is 60.2 Å². The van der Waals surface area contributed by atoms with Crippen molar-refractivity contribution in [2.45, 2.75) is 13.0 Å². The van der Waals surface area contributed by atoms with Crippen LogP contribution >= 0.6 is 0 Å². The predicted octanol–water partition coefficient (Wildman–Crippen LogP) is 3.41. The quantitative estimate of drug-likeness (QED) is 0.433. The number of Topliss-reactive ketones (excluding diaryl/α,β-unsaturated/α-hetero) is 1. The summed E-state index contributed by atoms with van der Waals surface area (Å²) in [4.78, 5) is 35.2. The third kappa shape index (κ3) is 2.95. The largest absolute Gasteiger partial charge is 0.507 e. The van der Waals surface area contributed by atoms with Gasteiger partial charge in [0.25, 0.3) is 5.78 Å². The van der Waals surface area contributed by atoms with Crippen molar-refractivity contribution in [2.24, 2.45) is 0 Å². The van der Waals surface area contributed by atoms with Crippen molar-refractivity contribution in [1.29, 1.82) is 0 Å². The minimum atomic E-state index is -0.815. The lowest BCUT2D eigenvalue weighted by molar-refractivity contribution is -0.132. The molecule has 6 nitrogen and oxygen atoms in total. The van der Waals surface area contributed by atoms with E-state index in [1.165, 1.54) is 17.3 Å². The van der Waals surface area contributed by atoms with Gasteiger partial charge in [-0.3, -0.25) is 14.5 Å². The van der Waals surface area contributed by atoms with E-state index in [0.29, 0.717) is 11.1 Å². The molecule has 28 heavy (non-hydrogen) atoms. The van der Waals surface area contributed by atoms with Crippen LogP contribution in [0.4, 0.5) is 5.95 Å². The highest BCUT2D eigenvalue weighted by molar-refractivity contribution is 6.51. The number of hydrogen-bond acceptors (Lipinski definition) is 5. The van der Waals surface area contributed by atoms with E-state index in [1.54, 1.807) is 30.3 Å². The van der Waals surface area contributed by atoms with E-state index in [0.717, 1.165) is 5.56 Å². The maximum atomic E-state index is 12.9. The van der Waals surface area contributed by atoms with Gasteiger partial charge in [-0.2, -0.15) is 0 Å². The summed E-state index contributed by atoms with van der Waals surface area (Å²) in [6.07, 6.45) is 3.01. The monoisotopic (exact) mass is 371 g/mol. The lowest BCUT2D eigenvalue weighted by atomic mass is 9.95. The zero-order valence-electron chi connectivity index (χ0n) is 15.1. The van der Waals surface area contributed by atoms with E-state index in [-0.39, 0.29) is 17.3 Å². The van der Waals surface area contributed by atoms with Crippen LogP contribution in [0.15, 0.2) is 78.6 Å². The minimum Gasteiger partial charge on any atom is -0.507 e. The fraction of sp³-hybridized carbons (Fsp3) is 0.0909. The number of aryl methyl sites for hydroxylation is 1. The number of hydrogen-bond donors (Lipinski definition) is 1. The van der Waals surface area contributed by atoms with E-state index < -0.39 is 17.7 Å². The predicted molar refractivity (Wildman–Crippen MR) is 104 cm³/mol. The molecule has 4 rings (SSSR count). The number of anilines is 1. The Hall–Kier alpha value is -3.80. The van der Waals surface area contributed by atoms with Crippen LogP contribution in [0.2, 0.25) is 0 Å². The molecule has 2 aromatic carbocycles. The maximum absolute atomic E-state index is 12.9. The van der Waals surface area contributed by atoms with Crippen molar-refractivity contribution in [1.82, 2.24) is 9.97 Å². The second-order valence-corrected chi connectivity index (χ2v) is 6.49. The van der Waals surface area contributed by atoms with Gasteiger partial charge < -0.3 is 5.11 Å². The van der Waals surface area contributed by atoms with Crippen LogP contribution in [0.3, 0.4) is 0 Å². The van der Waals surface area contributed by atoms with E-state index in [9.17, 15) is 14.7 Å². The third-order valence-corrected chi connectivity index (χ3v) is 4.65. The summed E-state index contributed by atoms with van der Waals surface area (Å²) in [5.41, 5.74) is 2.20. The smallest absolute Gasteiger partial charge is 0.302 e. The van der Waals surface area contributed by atoms with Crippen LogP contribution in [0.1, 0.15) is 22.7 Å². The highest BCUT2D eigenvalue weighted by Gasteiger charge is 2.48. The molecule has 1 atom stereocenters. The molecule has 6 heteroatoms. The molecule has 1 aliphatic heterocycles. The average molecular weight is 371 g/mol. The van der Waals surface area contributed by atoms with Gasteiger partial charge >= 0.3 is 5.91 Å². The summed E-state index contributed by atoms with van der Waals surface area (Å²) in [5, 5.41) is 10.9. The molecule has 3 aromatic rings. The van der Waals surface area contributed by atoms with Crippen LogP contribution in [0.5, 0.6) is 0 Å². The Bertz CT molecular complexity index is 1060. The first-order valence-corrected chi connectivity index (χ1v) is 8.78. The number of aromatic nitrogens is 2. The molecule has 0 spiro atoms. The van der Waals surface area contributed by atoms with Gasteiger partial charge in [0.15, 0.2) is 0 Å². The van der Waals surface area contributed by atoms with Gasteiger partial charge in [0.1, 0.15) is 5.76 Å². The number of carbonyl (C=O) groups is 2. The average Bonchev–Trinajstić information content (AvgIpc) is 3.00. The van der Waals surface area contributed by atoms with Crippen molar-refractivity contribution in [3.63, 3.8) is 0 Å². The summed E-state index contributed by atoms with van der Waals surface area (Å²) in [7, 11) is 0. The molecule has 1 aliphatic rings. The van der Waals surface area contributed by atoms with Crippen LogP contribution in [0.25, 0.3) is 5.76 Å². The van der Waals surface area contributed by atoms with Crippen molar-refractivity contribution in [3.05, 3.63) is 95.3 Å². The van der Waals surface area contributed by atoms with Crippen LogP contribution < -0.4 is 4.90 Å².